The standard InChI is InChI=1S/C12H9BrCl2S/c13-10(12-11(15)4-5-16-12)7-8-2-1-3-9(14)6-8/h1-6,10H,7H2. The molecule has 0 aliphatic rings. The van der Waals surface area contributed by atoms with Gasteiger partial charge in [0, 0.05) is 9.90 Å². The Morgan fingerprint density at radius 1 is 1.25 bits per heavy atom. The molecule has 84 valence electrons. The van der Waals surface area contributed by atoms with Gasteiger partial charge in [0.1, 0.15) is 0 Å². The molecule has 1 unspecified atom stereocenters. The fourth-order valence-electron chi connectivity index (χ4n) is 1.49. The molecular formula is C12H9BrCl2S. The normalized spacial score (nSPS) is 12.7. The smallest absolute Gasteiger partial charge is 0.0556 e. The number of halogens is 3. The zero-order valence-electron chi connectivity index (χ0n) is 8.29. The second-order valence-electron chi connectivity index (χ2n) is 3.43. The van der Waals surface area contributed by atoms with Gasteiger partial charge in [-0.05, 0) is 35.6 Å². The molecule has 16 heavy (non-hydrogen) atoms. The summed E-state index contributed by atoms with van der Waals surface area (Å²) in [6.07, 6.45) is 0.890. The van der Waals surface area contributed by atoms with Crippen molar-refractivity contribution < 1.29 is 0 Å². The third-order valence-corrected chi connectivity index (χ3v) is 5.03. The first kappa shape index (κ1) is 12.4. The summed E-state index contributed by atoms with van der Waals surface area (Å²) in [5, 5.41) is 3.60. The molecule has 0 spiro atoms. The largest absolute Gasteiger partial charge is 0.146 e. The van der Waals surface area contributed by atoms with E-state index in [2.05, 4.69) is 22.0 Å². The van der Waals surface area contributed by atoms with E-state index in [9.17, 15) is 0 Å². The number of hydrogen-bond donors (Lipinski definition) is 0. The Kier molecular flexibility index (Phi) is 4.31. The van der Waals surface area contributed by atoms with Gasteiger partial charge in [-0.3, -0.25) is 0 Å². The molecule has 1 aromatic heterocycles. The lowest BCUT2D eigenvalue weighted by Gasteiger charge is -2.08. The maximum Gasteiger partial charge on any atom is 0.0556 e. The minimum atomic E-state index is 0.249. The summed E-state index contributed by atoms with van der Waals surface area (Å²) < 4.78 is 0. The summed E-state index contributed by atoms with van der Waals surface area (Å²) in [7, 11) is 0. The Bertz CT molecular complexity index is 481. The van der Waals surface area contributed by atoms with Crippen LogP contribution in [0.5, 0.6) is 0 Å². The number of benzene rings is 1. The van der Waals surface area contributed by atoms with E-state index in [1.165, 1.54) is 10.4 Å². The molecule has 0 saturated carbocycles. The highest BCUT2D eigenvalue weighted by atomic mass is 79.9. The van der Waals surface area contributed by atoms with E-state index < -0.39 is 0 Å². The van der Waals surface area contributed by atoms with E-state index in [1.807, 2.05) is 29.6 Å². The van der Waals surface area contributed by atoms with Crippen LogP contribution in [-0.4, -0.2) is 0 Å². The van der Waals surface area contributed by atoms with Crippen LogP contribution in [0, 0.1) is 0 Å². The van der Waals surface area contributed by atoms with Crippen molar-refractivity contribution in [2.75, 3.05) is 0 Å². The molecule has 0 fully saturated rings. The summed E-state index contributed by atoms with van der Waals surface area (Å²) in [4.78, 5) is 1.42. The maximum absolute atomic E-state index is 6.09. The molecule has 1 heterocycles. The highest BCUT2D eigenvalue weighted by Crippen LogP contribution is 2.36. The minimum absolute atomic E-state index is 0.249. The molecule has 1 atom stereocenters. The summed E-state index contributed by atoms with van der Waals surface area (Å²) >= 11 is 17.4. The first-order valence-corrected chi connectivity index (χ1v) is 7.33. The van der Waals surface area contributed by atoms with Crippen LogP contribution >= 0.6 is 50.5 Å². The Labute approximate surface area is 117 Å². The van der Waals surface area contributed by atoms with Crippen molar-refractivity contribution in [2.45, 2.75) is 11.2 Å². The zero-order valence-corrected chi connectivity index (χ0v) is 12.2. The van der Waals surface area contributed by atoms with Gasteiger partial charge >= 0.3 is 0 Å². The lowest BCUT2D eigenvalue weighted by atomic mass is 10.1. The third kappa shape index (κ3) is 3.01. The van der Waals surface area contributed by atoms with Crippen LogP contribution in [0.25, 0.3) is 0 Å². The van der Waals surface area contributed by atoms with E-state index in [0.29, 0.717) is 0 Å². The Hall–Kier alpha value is -0.0200. The van der Waals surface area contributed by atoms with Gasteiger partial charge in [0.15, 0.2) is 0 Å². The van der Waals surface area contributed by atoms with E-state index in [-0.39, 0.29) is 4.83 Å². The molecule has 0 saturated heterocycles. The number of thiophene rings is 1. The van der Waals surface area contributed by atoms with Crippen molar-refractivity contribution in [1.29, 1.82) is 0 Å². The van der Waals surface area contributed by atoms with Gasteiger partial charge in [-0.2, -0.15) is 0 Å². The summed E-state index contributed by atoms with van der Waals surface area (Å²) in [6, 6.07) is 9.83. The molecule has 0 N–H and O–H groups in total. The number of alkyl halides is 1. The van der Waals surface area contributed by atoms with Gasteiger partial charge in [0.2, 0.25) is 0 Å². The molecular weight excluding hydrogens is 327 g/mol. The monoisotopic (exact) mass is 334 g/mol. The highest BCUT2D eigenvalue weighted by Gasteiger charge is 2.13. The first-order chi connectivity index (χ1) is 7.66. The van der Waals surface area contributed by atoms with Crippen molar-refractivity contribution in [3.05, 3.63) is 56.2 Å². The molecule has 1 aromatic carbocycles. The second kappa shape index (κ2) is 5.54. The molecule has 0 bridgehead atoms. The average Bonchev–Trinajstić information content (AvgIpc) is 2.64. The van der Waals surface area contributed by atoms with Crippen LogP contribution in [0.4, 0.5) is 0 Å². The molecule has 2 aromatic rings. The van der Waals surface area contributed by atoms with Gasteiger partial charge in [0.05, 0.1) is 9.85 Å². The summed E-state index contributed by atoms with van der Waals surface area (Å²) in [6.45, 7) is 0. The summed E-state index contributed by atoms with van der Waals surface area (Å²) in [5.74, 6) is 0. The quantitative estimate of drug-likeness (QED) is 0.628. The Balaban J connectivity index is 2.14. The van der Waals surface area contributed by atoms with E-state index in [0.717, 1.165) is 16.5 Å². The average molecular weight is 336 g/mol. The molecule has 0 nitrogen and oxygen atoms in total. The van der Waals surface area contributed by atoms with Crippen molar-refractivity contribution >= 4 is 50.5 Å². The van der Waals surface area contributed by atoms with Crippen molar-refractivity contribution in [1.82, 2.24) is 0 Å². The van der Waals surface area contributed by atoms with Gasteiger partial charge in [-0.25, -0.2) is 0 Å². The Morgan fingerprint density at radius 2 is 2.06 bits per heavy atom. The van der Waals surface area contributed by atoms with Crippen LogP contribution in [0.1, 0.15) is 15.3 Å². The minimum Gasteiger partial charge on any atom is -0.146 e. The first-order valence-electron chi connectivity index (χ1n) is 4.78. The van der Waals surface area contributed by atoms with Gasteiger partial charge in [0.25, 0.3) is 0 Å². The van der Waals surface area contributed by atoms with Crippen LogP contribution in [-0.2, 0) is 6.42 Å². The fraction of sp³-hybridized carbons (Fsp3) is 0.167. The second-order valence-corrected chi connectivity index (χ2v) is 6.33. The molecule has 2 rings (SSSR count). The molecule has 0 aliphatic heterocycles. The lowest BCUT2D eigenvalue weighted by molar-refractivity contribution is 0.970. The van der Waals surface area contributed by atoms with E-state index >= 15 is 0 Å². The molecule has 4 heteroatoms. The topological polar surface area (TPSA) is 0 Å². The van der Waals surface area contributed by atoms with Crippen molar-refractivity contribution in [3.8, 4) is 0 Å². The maximum atomic E-state index is 6.09. The van der Waals surface area contributed by atoms with Crippen molar-refractivity contribution in [2.24, 2.45) is 0 Å². The molecule has 0 aliphatic carbocycles. The van der Waals surface area contributed by atoms with Crippen LogP contribution in [0.3, 0.4) is 0 Å². The SMILES string of the molecule is Clc1cccc(CC(Br)c2sccc2Cl)c1. The predicted molar refractivity (Wildman–Crippen MR) is 76.2 cm³/mol. The van der Waals surface area contributed by atoms with Gasteiger partial charge in [-0.15, -0.1) is 11.3 Å². The molecule has 0 amide bonds. The van der Waals surface area contributed by atoms with E-state index in [1.54, 1.807) is 11.3 Å². The zero-order chi connectivity index (χ0) is 11.5. The van der Waals surface area contributed by atoms with Gasteiger partial charge in [-0.1, -0.05) is 51.3 Å². The van der Waals surface area contributed by atoms with E-state index in [4.69, 9.17) is 23.2 Å². The van der Waals surface area contributed by atoms with Crippen LogP contribution < -0.4 is 0 Å². The highest BCUT2D eigenvalue weighted by molar-refractivity contribution is 9.09. The fourth-order valence-corrected chi connectivity index (χ4v) is 3.95. The lowest BCUT2D eigenvalue weighted by Crippen LogP contribution is -1.93. The van der Waals surface area contributed by atoms with Gasteiger partial charge < -0.3 is 0 Å². The number of hydrogen-bond acceptors (Lipinski definition) is 1. The molecule has 0 radical (unpaired) electrons. The number of rotatable bonds is 3. The van der Waals surface area contributed by atoms with Crippen molar-refractivity contribution in [3.63, 3.8) is 0 Å². The third-order valence-electron chi connectivity index (χ3n) is 2.23. The summed E-state index contributed by atoms with van der Waals surface area (Å²) in [5.41, 5.74) is 1.21. The van der Waals surface area contributed by atoms with Crippen LogP contribution in [0.2, 0.25) is 10.0 Å². The Morgan fingerprint density at radius 3 is 2.69 bits per heavy atom. The van der Waals surface area contributed by atoms with Crippen LogP contribution in [0.15, 0.2) is 35.7 Å². The predicted octanol–water partition coefficient (Wildman–Crippen LogP) is 5.73.